The van der Waals surface area contributed by atoms with Gasteiger partial charge in [-0.25, -0.2) is 12.7 Å². The van der Waals surface area contributed by atoms with E-state index in [0.29, 0.717) is 19.0 Å². The zero-order valence-electron chi connectivity index (χ0n) is 15.2. The Morgan fingerprint density at radius 3 is 2.46 bits per heavy atom. The fraction of sp³-hybridized carbons (Fsp3) is 0.938. The molecule has 1 heterocycles. The van der Waals surface area contributed by atoms with Gasteiger partial charge in [0.2, 0.25) is 10.0 Å². The number of nitrogens with zero attached hydrogens (tertiary/aromatic N) is 3. The zero-order chi connectivity index (χ0) is 17.6. The molecular weight excluding hydrogens is 328 g/mol. The molecule has 0 spiro atoms. The molecule has 0 bridgehead atoms. The van der Waals surface area contributed by atoms with Crippen LogP contribution in [0.15, 0.2) is 4.99 Å². The van der Waals surface area contributed by atoms with Crippen molar-refractivity contribution in [2.75, 3.05) is 59.7 Å². The third kappa shape index (κ3) is 6.57. The van der Waals surface area contributed by atoms with Gasteiger partial charge in [-0.2, -0.15) is 0 Å². The second-order valence-electron chi connectivity index (χ2n) is 6.97. The van der Waals surface area contributed by atoms with Crippen LogP contribution in [-0.4, -0.2) is 83.3 Å². The highest BCUT2D eigenvalue weighted by Crippen LogP contribution is 2.28. The Kier molecular flexibility index (Phi) is 7.31. The first-order valence-corrected chi connectivity index (χ1v) is 10.7. The van der Waals surface area contributed by atoms with Crippen LogP contribution < -0.4 is 5.32 Å². The normalized spacial score (nSPS) is 21.0. The standard InChI is InChI=1S/C16H32N4O3S/c1-17-16(19(2)10-11-23-13-15-4-5-15)18-12-14-6-8-20(9-7-14)24(3,21)22/h14-15H,4-13H2,1-3H3,(H,17,18). The van der Waals surface area contributed by atoms with Crippen molar-refractivity contribution < 1.29 is 13.2 Å². The predicted molar refractivity (Wildman–Crippen MR) is 96.7 cm³/mol. The first kappa shape index (κ1) is 19.5. The van der Waals surface area contributed by atoms with Gasteiger partial charge in [-0.3, -0.25) is 4.99 Å². The number of likely N-dealkylation sites (N-methyl/N-ethyl adjacent to an activating group) is 1. The topological polar surface area (TPSA) is 74.2 Å². The van der Waals surface area contributed by atoms with Crippen LogP contribution in [0.25, 0.3) is 0 Å². The van der Waals surface area contributed by atoms with Crippen LogP contribution in [0, 0.1) is 11.8 Å². The van der Waals surface area contributed by atoms with Crippen molar-refractivity contribution in [3.63, 3.8) is 0 Å². The molecule has 1 aliphatic carbocycles. The quantitative estimate of drug-likeness (QED) is 0.390. The van der Waals surface area contributed by atoms with Crippen molar-refractivity contribution in [2.24, 2.45) is 16.8 Å². The molecule has 1 N–H and O–H groups in total. The highest BCUT2D eigenvalue weighted by atomic mass is 32.2. The first-order chi connectivity index (χ1) is 11.4. The van der Waals surface area contributed by atoms with Gasteiger partial charge < -0.3 is 15.0 Å². The number of hydrogen-bond donors (Lipinski definition) is 1. The number of aliphatic imine (C=N–C) groups is 1. The van der Waals surface area contributed by atoms with E-state index in [1.54, 1.807) is 11.4 Å². The molecule has 8 heteroatoms. The monoisotopic (exact) mass is 360 g/mol. The Bertz CT molecular complexity index is 511. The number of ether oxygens (including phenoxy) is 1. The lowest BCUT2D eigenvalue weighted by Crippen LogP contribution is -2.45. The van der Waals surface area contributed by atoms with Gasteiger partial charge in [0.1, 0.15) is 0 Å². The number of piperidine rings is 1. The van der Waals surface area contributed by atoms with Crippen molar-refractivity contribution in [2.45, 2.75) is 25.7 Å². The minimum Gasteiger partial charge on any atom is -0.379 e. The summed E-state index contributed by atoms with van der Waals surface area (Å²) >= 11 is 0. The first-order valence-electron chi connectivity index (χ1n) is 8.84. The summed E-state index contributed by atoms with van der Waals surface area (Å²) in [5, 5.41) is 3.41. The summed E-state index contributed by atoms with van der Waals surface area (Å²) in [5.74, 6) is 2.15. The van der Waals surface area contributed by atoms with Crippen molar-refractivity contribution >= 4 is 16.0 Å². The van der Waals surface area contributed by atoms with Crippen LogP contribution in [0.3, 0.4) is 0 Å². The Morgan fingerprint density at radius 1 is 1.25 bits per heavy atom. The number of guanidine groups is 1. The van der Waals surface area contributed by atoms with Gasteiger partial charge in [-0.15, -0.1) is 0 Å². The highest BCUT2D eigenvalue weighted by Gasteiger charge is 2.25. The molecule has 24 heavy (non-hydrogen) atoms. The molecule has 2 aliphatic rings. The average Bonchev–Trinajstić information content (AvgIpc) is 3.36. The van der Waals surface area contributed by atoms with E-state index in [0.717, 1.165) is 51.0 Å². The lowest BCUT2D eigenvalue weighted by molar-refractivity contribution is 0.115. The maximum atomic E-state index is 11.5. The van der Waals surface area contributed by atoms with Crippen LogP contribution in [0.2, 0.25) is 0 Å². The van der Waals surface area contributed by atoms with Crippen LogP contribution in [0.5, 0.6) is 0 Å². The van der Waals surface area contributed by atoms with Gasteiger partial charge in [0.25, 0.3) is 0 Å². The van der Waals surface area contributed by atoms with Gasteiger partial charge >= 0.3 is 0 Å². The Hall–Kier alpha value is -0.860. The summed E-state index contributed by atoms with van der Waals surface area (Å²) < 4.78 is 30.3. The van der Waals surface area contributed by atoms with Crippen molar-refractivity contribution in [3.05, 3.63) is 0 Å². The van der Waals surface area contributed by atoms with E-state index in [1.165, 1.54) is 19.1 Å². The molecule has 0 radical (unpaired) electrons. The van der Waals surface area contributed by atoms with E-state index in [-0.39, 0.29) is 0 Å². The molecule has 0 amide bonds. The molecule has 1 aliphatic heterocycles. The summed E-state index contributed by atoms with van der Waals surface area (Å²) in [6, 6.07) is 0. The summed E-state index contributed by atoms with van der Waals surface area (Å²) in [6.07, 6.45) is 5.71. The zero-order valence-corrected chi connectivity index (χ0v) is 16.0. The van der Waals surface area contributed by atoms with Crippen LogP contribution >= 0.6 is 0 Å². The molecule has 1 saturated carbocycles. The Balaban J connectivity index is 1.63. The predicted octanol–water partition coefficient (Wildman–Crippen LogP) is 0.592. The van der Waals surface area contributed by atoms with E-state index in [1.807, 2.05) is 7.05 Å². The molecule has 1 saturated heterocycles. The molecule has 2 rings (SSSR count). The average molecular weight is 361 g/mol. The second kappa shape index (κ2) is 9.01. The minimum atomic E-state index is -3.05. The molecule has 0 aromatic carbocycles. The number of nitrogens with one attached hydrogen (secondary N) is 1. The van der Waals surface area contributed by atoms with E-state index < -0.39 is 10.0 Å². The van der Waals surface area contributed by atoms with Gasteiger partial charge in [0.05, 0.1) is 12.9 Å². The molecular formula is C16H32N4O3S. The fourth-order valence-corrected chi connectivity index (χ4v) is 3.78. The lowest BCUT2D eigenvalue weighted by atomic mass is 9.98. The number of rotatable bonds is 8. The lowest BCUT2D eigenvalue weighted by Gasteiger charge is -2.31. The molecule has 140 valence electrons. The summed E-state index contributed by atoms with van der Waals surface area (Å²) in [6.45, 7) is 4.50. The summed E-state index contributed by atoms with van der Waals surface area (Å²) in [5.41, 5.74) is 0. The maximum absolute atomic E-state index is 11.5. The van der Waals surface area contributed by atoms with E-state index in [2.05, 4.69) is 15.2 Å². The van der Waals surface area contributed by atoms with Crippen molar-refractivity contribution in [1.82, 2.24) is 14.5 Å². The fourth-order valence-electron chi connectivity index (χ4n) is 2.91. The molecule has 0 unspecified atom stereocenters. The maximum Gasteiger partial charge on any atom is 0.211 e. The third-order valence-electron chi connectivity index (χ3n) is 4.79. The van der Waals surface area contributed by atoms with Gasteiger partial charge in [-0.1, -0.05) is 0 Å². The van der Waals surface area contributed by atoms with Crippen LogP contribution in [0.1, 0.15) is 25.7 Å². The largest absolute Gasteiger partial charge is 0.379 e. The van der Waals surface area contributed by atoms with E-state index in [9.17, 15) is 8.42 Å². The number of hydrogen-bond acceptors (Lipinski definition) is 4. The third-order valence-corrected chi connectivity index (χ3v) is 6.09. The Labute approximate surface area is 146 Å². The number of sulfonamides is 1. The van der Waals surface area contributed by atoms with Gasteiger partial charge in [0.15, 0.2) is 5.96 Å². The molecule has 2 fully saturated rings. The molecule has 0 aromatic rings. The van der Waals surface area contributed by atoms with Crippen LogP contribution in [0.4, 0.5) is 0 Å². The van der Waals surface area contributed by atoms with Gasteiger partial charge in [-0.05, 0) is 37.5 Å². The highest BCUT2D eigenvalue weighted by molar-refractivity contribution is 7.88. The van der Waals surface area contributed by atoms with E-state index >= 15 is 0 Å². The summed E-state index contributed by atoms with van der Waals surface area (Å²) in [4.78, 5) is 6.40. The summed E-state index contributed by atoms with van der Waals surface area (Å²) in [7, 11) is 0.758. The van der Waals surface area contributed by atoms with Crippen LogP contribution in [-0.2, 0) is 14.8 Å². The van der Waals surface area contributed by atoms with E-state index in [4.69, 9.17) is 4.74 Å². The second-order valence-corrected chi connectivity index (χ2v) is 8.96. The van der Waals surface area contributed by atoms with Gasteiger partial charge in [0, 0.05) is 46.9 Å². The van der Waals surface area contributed by atoms with Crippen molar-refractivity contribution in [1.29, 1.82) is 0 Å². The minimum absolute atomic E-state index is 0.485. The molecule has 0 aromatic heterocycles. The smallest absolute Gasteiger partial charge is 0.211 e. The molecule has 0 atom stereocenters. The van der Waals surface area contributed by atoms with Crippen molar-refractivity contribution in [3.8, 4) is 0 Å². The SMILES string of the molecule is CN=C(NCC1CCN(S(C)(=O)=O)CC1)N(C)CCOCC1CC1. The Morgan fingerprint density at radius 2 is 1.92 bits per heavy atom. The molecule has 7 nitrogen and oxygen atoms in total.